The van der Waals surface area contributed by atoms with Gasteiger partial charge in [-0.2, -0.15) is 0 Å². The number of nitrogens with zero attached hydrogens (tertiary/aromatic N) is 8. The molecule has 0 aromatic carbocycles. The van der Waals surface area contributed by atoms with Crippen molar-refractivity contribution in [1.82, 2.24) is 39.9 Å². The molecule has 4 radical (unpaired) electrons. The third-order valence-electron chi connectivity index (χ3n) is 8.10. The number of hydrogen-bond donors (Lipinski definition) is 4. The standard InChI is InChI=1S/4C11H9N2O2.4ClH.4Mn.2H2O/c4*14-11(15,9-5-1-3-7-12-9)10-6-2-4-8-13-10;;;;;;;;;;/h4*1-8,14H;4*1H;;;;;2*1H2/q4*-1;;;;;4*+2;;/p-4. The molecule has 0 aliphatic heterocycles. The minimum Gasteiger partial charge on any atom is -1.00 e. The van der Waals surface area contributed by atoms with Crippen molar-refractivity contribution in [1.29, 1.82) is 0 Å². The van der Waals surface area contributed by atoms with Crippen LogP contribution in [0.4, 0.5) is 0 Å². The Bertz CT molecular complexity index is 1950. The van der Waals surface area contributed by atoms with Crippen molar-refractivity contribution in [2.45, 2.75) is 23.1 Å². The van der Waals surface area contributed by atoms with Gasteiger partial charge in [0.2, 0.25) is 0 Å². The van der Waals surface area contributed by atoms with Gasteiger partial charge in [0.1, 0.15) is 0 Å². The van der Waals surface area contributed by atoms with Crippen molar-refractivity contribution in [3.63, 3.8) is 0 Å². The molecule has 0 unspecified atom stereocenters. The van der Waals surface area contributed by atoms with E-state index >= 15 is 0 Å². The zero-order chi connectivity index (χ0) is 42.9. The molecule has 8 rings (SSSR count). The Kier molecular flexibility index (Phi) is 41.8. The molecule has 372 valence electrons. The van der Waals surface area contributed by atoms with E-state index in [0.29, 0.717) is 0 Å². The largest absolute Gasteiger partial charge is 2.00 e. The topological polar surface area (TPSA) is 339 Å². The average molecular weight is 1200 g/mol. The molecule has 8 aromatic rings. The first kappa shape index (κ1) is 77.5. The molecule has 8 N–H and O–H groups in total. The van der Waals surface area contributed by atoms with Gasteiger partial charge in [0, 0.05) is 49.6 Å². The van der Waals surface area contributed by atoms with Gasteiger partial charge in [-0.05, 0) is 97.1 Å². The molecule has 0 amide bonds. The molecule has 0 atom stereocenters. The normalized spacial score (nSPS) is 9.71. The number of aromatic nitrogens is 8. The summed E-state index contributed by atoms with van der Waals surface area (Å²) in [5.74, 6) is -9.55. The molecule has 0 bridgehead atoms. The van der Waals surface area contributed by atoms with Crippen molar-refractivity contribution < 1.29 is 170 Å². The molecule has 0 aliphatic carbocycles. The van der Waals surface area contributed by atoms with Gasteiger partial charge in [0.25, 0.3) is 0 Å². The first-order chi connectivity index (χ1) is 28.8. The fraction of sp³-hybridized carbons (Fsp3) is 0.0909. The predicted molar refractivity (Wildman–Crippen MR) is 213 cm³/mol. The summed E-state index contributed by atoms with van der Waals surface area (Å²) in [7, 11) is 0. The second-order valence-corrected chi connectivity index (χ2v) is 12.3. The second-order valence-electron chi connectivity index (χ2n) is 12.3. The Morgan fingerprint density at radius 1 is 0.243 bits per heavy atom. The summed E-state index contributed by atoms with van der Waals surface area (Å²) < 4.78 is 0. The average Bonchev–Trinajstić information content (AvgIpc) is 3.32. The first-order valence-corrected chi connectivity index (χ1v) is 17.9. The summed E-state index contributed by atoms with van der Waals surface area (Å²) in [6, 6.07) is 38.4. The van der Waals surface area contributed by atoms with E-state index in [1.807, 2.05) is 0 Å². The fourth-order valence-electron chi connectivity index (χ4n) is 5.03. The van der Waals surface area contributed by atoms with Crippen LogP contribution >= 0.6 is 0 Å². The number of aliphatic hydroxyl groups is 4. The molecule has 0 saturated carbocycles. The van der Waals surface area contributed by atoms with Crippen molar-refractivity contribution in [2.75, 3.05) is 0 Å². The third kappa shape index (κ3) is 21.8. The van der Waals surface area contributed by atoms with Crippen LogP contribution in [0.1, 0.15) is 45.6 Å². The van der Waals surface area contributed by atoms with E-state index in [1.54, 1.807) is 97.1 Å². The van der Waals surface area contributed by atoms with Crippen LogP contribution in [0.5, 0.6) is 0 Å². The molecule has 26 heteroatoms. The van der Waals surface area contributed by atoms with Crippen molar-refractivity contribution in [2.24, 2.45) is 0 Å². The van der Waals surface area contributed by atoms with E-state index in [4.69, 9.17) is 0 Å². The summed E-state index contributed by atoms with van der Waals surface area (Å²) in [4.78, 5) is 30.6. The van der Waals surface area contributed by atoms with Crippen LogP contribution in [0, 0.1) is 0 Å². The molecule has 8 aromatic heterocycles. The molecule has 8 heterocycles. The number of halogens is 4. The van der Waals surface area contributed by atoms with Gasteiger partial charge < -0.3 is 101 Å². The quantitative estimate of drug-likeness (QED) is 0.0811. The molecule has 70 heavy (non-hydrogen) atoms. The Morgan fingerprint density at radius 2 is 0.343 bits per heavy atom. The molecular weight excluding hydrogens is 1160 g/mol. The molecule has 0 aliphatic rings. The van der Waals surface area contributed by atoms with Gasteiger partial charge in [-0.25, -0.2) is 0 Å². The van der Waals surface area contributed by atoms with Crippen LogP contribution in [-0.4, -0.2) is 71.3 Å². The van der Waals surface area contributed by atoms with E-state index in [1.165, 1.54) is 98.1 Å². The van der Waals surface area contributed by atoms with Gasteiger partial charge >= 0.3 is 68.3 Å². The van der Waals surface area contributed by atoms with Crippen LogP contribution in [0.3, 0.4) is 0 Å². The van der Waals surface area contributed by atoms with E-state index in [-0.39, 0.29) is 174 Å². The van der Waals surface area contributed by atoms with Crippen LogP contribution < -0.4 is 70.1 Å². The SMILES string of the molecule is O.O.[Cl-].[Cl-].[Cl-].[Cl-].[Mn+2].[Mn+2].[Mn+2].[Mn+2].[O-]C(O)(c1ccccn1)c1ccccn1.[O-]C(O)(c1ccccn1)c1ccccn1.[O-]C(O)(c1ccccn1)c1ccccn1.[O-]C(O)(c1ccccn1)c1ccccn1. The van der Waals surface area contributed by atoms with Gasteiger partial charge in [0.05, 0.1) is 68.7 Å². The number of hydrogen-bond acceptors (Lipinski definition) is 16. The maximum Gasteiger partial charge on any atom is 2.00 e. The minimum absolute atomic E-state index is 0. The van der Waals surface area contributed by atoms with Crippen LogP contribution in [-0.2, 0) is 91.4 Å². The van der Waals surface area contributed by atoms with Gasteiger partial charge in [-0.3, -0.25) is 39.9 Å². The third-order valence-corrected chi connectivity index (χ3v) is 8.10. The summed E-state index contributed by atoms with van der Waals surface area (Å²) in [5, 5.41) is 86.9. The monoisotopic (exact) mass is 1200 g/mol. The van der Waals surface area contributed by atoms with E-state index in [2.05, 4.69) is 39.9 Å². The smallest absolute Gasteiger partial charge is 1.00 e. The van der Waals surface area contributed by atoms with Gasteiger partial charge in [0.15, 0.2) is 0 Å². The van der Waals surface area contributed by atoms with E-state index < -0.39 is 23.1 Å². The molecule has 18 nitrogen and oxygen atoms in total. The Morgan fingerprint density at radius 3 is 0.414 bits per heavy atom. The van der Waals surface area contributed by atoms with Crippen LogP contribution in [0.25, 0.3) is 0 Å². The summed E-state index contributed by atoms with van der Waals surface area (Å²) in [5.41, 5.74) is 0.361. The van der Waals surface area contributed by atoms with Crippen molar-refractivity contribution in [3.05, 3.63) is 241 Å². The second kappa shape index (κ2) is 37.8. The molecular formula is C44H40Cl4Mn4N8O10. The van der Waals surface area contributed by atoms with Crippen LogP contribution in [0.15, 0.2) is 195 Å². The Labute approximate surface area is 469 Å². The summed E-state index contributed by atoms with van der Waals surface area (Å²) in [6.45, 7) is 0. The van der Waals surface area contributed by atoms with Gasteiger partial charge in [-0.15, -0.1) is 0 Å². The maximum atomic E-state index is 11.9. The summed E-state index contributed by atoms with van der Waals surface area (Å²) in [6.07, 6.45) is 11.7. The molecule has 0 spiro atoms. The molecule has 0 fully saturated rings. The van der Waals surface area contributed by atoms with Crippen molar-refractivity contribution in [3.8, 4) is 0 Å². The Balaban J connectivity index is -0.000000186. The van der Waals surface area contributed by atoms with Crippen LogP contribution in [0.2, 0.25) is 0 Å². The maximum absolute atomic E-state index is 11.9. The van der Waals surface area contributed by atoms with Gasteiger partial charge in [-0.1, -0.05) is 48.5 Å². The number of pyridine rings is 8. The minimum atomic E-state index is -2.39. The van der Waals surface area contributed by atoms with E-state index in [0.717, 1.165) is 0 Å². The Hall–Kier alpha value is -3.96. The predicted octanol–water partition coefficient (Wildman–Crippen LogP) is -13.5. The summed E-state index contributed by atoms with van der Waals surface area (Å²) >= 11 is 0. The number of rotatable bonds is 8. The first-order valence-electron chi connectivity index (χ1n) is 17.9. The van der Waals surface area contributed by atoms with Crippen molar-refractivity contribution >= 4 is 0 Å². The fourth-order valence-corrected chi connectivity index (χ4v) is 5.03. The van der Waals surface area contributed by atoms with E-state index in [9.17, 15) is 40.9 Å². The molecule has 0 saturated heterocycles. The zero-order valence-corrected chi connectivity index (χ0v) is 43.2. The zero-order valence-electron chi connectivity index (χ0n) is 35.5.